The Bertz CT molecular complexity index is 442. The molecule has 0 amide bonds. The Morgan fingerprint density at radius 2 is 2.25 bits per heavy atom. The lowest BCUT2D eigenvalue weighted by Crippen LogP contribution is -2.07. The van der Waals surface area contributed by atoms with Crippen LogP contribution in [0.25, 0.3) is 0 Å². The largest absolute Gasteiger partial charge is 0.493 e. The van der Waals surface area contributed by atoms with E-state index in [1.54, 1.807) is 24.6 Å². The van der Waals surface area contributed by atoms with Crippen molar-refractivity contribution in [2.24, 2.45) is 0 Å². The molecule has 1 unspecified atom stereocenters. The van der Waals surface area contributed by atoms with E-state index in [1.165, 1.54) is 4.88 Å². The summed E-state index contributed by atoms with van der Waals surface area (Å²) in [5.74, 6) is 1.55. The molecular weight excluding hydrogens is 220 g/mol. The summed E-state index contributed by atoms with van der Waals surface area (Å²) in [5.41, 5.74) is 0. The number of rotatable bonds is 4. The molecule has 0 bridgehead atoms. The van der Waals surface area contributed by atoms with Gasteiger partial charge in [0.1, 0.15) is 0 Å². The average molecular weight is 234 g/mol. The SMILES string of the molecule is COc1cccnc1NC(C)c1cccs1. The number of pyridine rings is 1. The quantitative estimate of drug-likeness (QED) is 0.881. The lowest BCUT2D eigenvalue weighted by atomic mass is 10.2. The Balaban J connectivity index is 2.14. The molecule has 3 nitrogen and oxygen atoms in total. The molecule has 2 heterocycles. The van der Waals surface area contributed by atoms with E-state index in [0.29, 0.717) is 0 Å². The minimum absolute atomic E-state index is 0.240. The molecule has 1 atom stereocenters. The first-order chi connectivity index (χ1) is 7.81. The van der Waals surface area contributed by atoms with Gasteiger partial charge in [-0.05, 0) is 30.5 Å². The van der Waals surface area contributed by atoms with Gasteiger partial charge in [-0.1, -0.05) is 6.07 Å². The van der Waals surface area contributed by atoms with E-state index < -0.39 is 0 Å². The molecule has 0 saturated carbocycles. The molecule has 0 saturated heterocycles. The maximum Gasteiger partial charge on any atom is 0.169 e. The van der Waals surface area contributed by atoms with Crippen LogP contribution in [0.15, 0.2) is 35.8 Å². The van der Waals surface area contributed by atoms with Crippen molar-refractivity contribution >= 4 is 17.2 Å². The van der Waals surface area contributed by atoms with Gasteiger partial charge in [0.25, 0.3) is 0 Å². The van der Waals surface area contributed by atoms with Crippen molar-refractivity contribution in [1.29, 1.82) is 0 Å². The topological polar surface area (TPSA) is 34.1 Å². The van der Waals surface area contributed by atoms with Crippen molar-refractivity contribution in [3.63, 3.8) is 0 Å². The third-order valence-electron chi connectivity index (χ3n) is 2.31. The van der Waals surface area contributed by atoms with Gasteiger partial charge in [0.2, 0.25) is 0 Å². The van der Waals surface area contributed by atoms with Crippen LogP contribution < -0.4 is 10.1 Å². The highest BCUT2D eigenvalue weighted by Gasteiger charge is 2.09. The summed E-state index contributed by atoms with van der Waals surface area (Å²) in [6, 6.07) is 8.16. The summed E-state index contributed by atoms with van der Waals surface area (Å²) in [5, 5.41) is 5.41. The van der Waals surface area contributed by atoms with Gasteiger partial charge in [0.15, 0.2) is 11.6 Å². The molecule has 0 aromatic carbocycles. The van der Waals surface area contributed by atoms with Crippen LogP contribution in [0.2, 0.25) is 0 Å². The van der Waals surface area contributed by atoms with Gasteiger partial charge in [-0.2, -0.15) is 0 Å². The van der Waals surface area contributed by atoms with Crippen LogP contribution in [0.5, 0.6) is 5.75 Å². The first kappa shape index (κ1) is 11.0. The molecule has 2 rings (SSSR count). The molecule has 0 aliphatic heterocycles. The molecule has 0 fully saturated rings. The lowest BCUT2D eigenvalue weighted by molar-refractivity contribution is 0.414. The van der Waals surface area contributed by atoms with Crippen LogP contribution in [-0.4, -0.2) is 12.1 Å². The van der Waals surface area contributed by atoms with Gasteiger partial charge in [0, 0.05) is 11.1 Å². The summed E-state index contributed by atoms with van der Waals surface area (Å²) >= 11 is 1.73. The van der Waals surface area contributed by atoms with E-state index >= 15 is 0 Å². The van der Waals surface area contributed by atoms with E-state index in [-0.39, 0.29) is 6.04 Å². The fraction of sp³-hybridized carbons (Fsp3) is 0.250. The Morgan fingerprint density at radius 1 is 1.38 bits per heavy atom. The Morgan fingerprint density at radius 3 is 2.94 bits per heavy atom. The summed E-state index contributed by atoms with van der Waals surface area (Å²) in [6.07, 6.45) is 1.76. The van der Waals surface area contributed by atoms with Crippen LogP contribution >= 0.6 is 11.3 Å². The van der Waals surface area contributed by atoms with Gasteiger partial charge in [0.05, 0.1) is 13.2 Å². The summed E-state index contributed by atoms with van der Waals surface area (Å²) in [6.45, 7) is 2.11. The minimum Gasteiger partial charge on any atom is -0.493 e. The van der Waals surface area contributed by atoms with Crippen molar-refractivity contribution in [3.05, 3.63) is 40.7 Å². The van der Waals surface area contributed by atoms with Gasteiger partial charge < -0.3 is 10.1 Å². The highest BCUT2D eigenvalue weighted by molar-refractivity contribution is 7.10. The standard InChI is InChI=1S/C12H14N2OS/c1-9(11-6-4-8-16-11)14-12-10(15-2)5-3-7-13-12/h3-9H,1-2H3,(H,13,14). The van der Waals surface area contributed by atoms with Crippen LogP contribution in [0.4, 0.5) is 5.82 Å². The first-order valence-corrected chi connectivity index (χ1v) is 5.98. The first-order valence-electron chi connectivity index (χ1n) is 5.10. The third kappa shape index (κ3) is 2.33. The highest BCUT2D eigenvalue weighted by atomic mass is 32.1. The number of hydrogen-bond acceptors (Lipinski definition) is 4. The smallest absolute Gasteiger partial charge is 0.169 e. The van der Waals surface area contributed by atoms with E-state index in [9.17, 15) is 0 Å². The number of nitrogens with one attached hydrogen (secondary N) is 1. The molecule has 2 aromatic heterocycles. The zero-order valence-electron chi connectivity index (χ0n) is 9.31. The zero-order valence-corrected chi connectivity index (χ0v) is 10.1. The van der Waals surface area contributed by atoms with E-state index in [4.69, 9.17) is 4.74 Å². The van der Waals surface area contributed by atoms with E-state index in [0.717, 1.165) is 11.6 Å². The van der Waals surface area contributed by atoms with Crippen LogP contribution in [-0.2, 0) is 0 Å². The maximum atomic E-state index is 5.24. The molecule has 2 aromatic rings. The molecular formula is C12H14N2OS. The molecule has 0 radical (unpaired) electrons. The zero-order chi connectivity index (χ0) is 11.4. The number of hydrogen-bond donors (Lipinski definition) is 1. The van der Waals surface area contributed by atoms with Crippen LogP contribution in [0.1, 0.15) is 17.8 Å². The molecule has 16 heavy (non-hydrogen) atoms. The molecule has 1 N–H and O–H groups in total. The van der Waals surface area contributed by atoms with E-state index in [2.05, 4.69) is 28.7 Å². The van der Waals surface area contributed by atoms with Crippen molar-refractivity contribution in [3.8, 4) is 5.75 Å². The predicted octanol–water partition coefficient (Wildman–Crippen LogP) is 3.32. The van der Waals surface area contributed by atoms with Crippen LogP contribution in [0, 0.1) is 0 Å². The Labute approximate surface area is 99.1 Å². The molecule has 0 aliphatic rings. The lowest BCUT2D eigenvalue weighted by Gasteiger charge is -2.14. The highest BCUT2D eigenvalue weighted by Crippen LogP contribution is 2.27. The van der Waals surface area contributed by atoms with E-state index in [1.807, 2.05) is 18.2 Å². The number of methoxy groups -OCH3 is 1. The summed E-state index contributed by atoms with van der Waals surface area (Å²) < 4.78 is 5.24. The summed E-state index contributed by atoms with van der Waals surface area (Å²) in [4.78, 5) is 5.55. The Hall–Kier alpha value is -1.55. The minimum atomic E-state index is 0.240. The number of thiophene rings is 1. The molecule has 4 heteroatoms. The number of nitrogens with zero attached hydrogens (tertiary/aromatic N) is 1. The number of anilines is 1. The molecule has 84 valence electrons. The fourth-order valence-corrected chi connectivity index (χ4v) is 2.21. The average Bonchev–Trinajstić information content (AvgIpc) is 2.83. The number of ether oxygens (including phenoxy) is 1. The van der Waals surface area contributed by atoms with Gasteiger partial charge in [-0.15, -0.1) is 11.3 Å². The van der Waals surface area contributed by atoms with Crippen molar-refractivity contribution in [2.45, 2.75) is 13.0 Å². The predicted molar refractivity (Wildman–Crippen MR) is 67.1 cm³/mol. The second-order valence-corrected chi connectivity index (χ2v) is 4.41. The summed E-state index contributed by atoms with van der Waals surface area (Å²) in [7, 11) is 1.65. The van der Waals surface area contributed by atoms with Gasteiger partial charge in [-0.3, -0.25) is 0 Å². The normalized spacial score (nSPS) is 12.1. The van der Waals surface area contributed by atoms with Crippen molar-refractivity contribution in [1.82, 2.24) is 4.98 Å². The van der Waals surface area contributed by atoms with Crippen LogP contribution in [0.3, 0.4) is 0 Å². The van der Waals surface area contributed by atoms with Gasteiger partial charge in [-0.25, -0.2) is 4.98 Å². The van der Waals surface area contributed by atoms with Crippen molar-refractivity contribution < 1.29 is 4.74 Å². The monoisotopic (exact) mass is 234 g/mol. The van der Waals surface area contributed by atoms with Gasteiger partial charge >= 0.3 is 0 Å². The molecule has 0 spiro atoms. The van der Waals surface area contributed by atoms with Crippen molar-refractivity contribution in [2.75, 3.05) is 12.4 Å². The molecule has 0 aliphatic carbocycles. The number of aromatic nitrogens is 1. The second-order valence-electron chi connectivity index (χ2n) is 3.44. The maximum absolute atomic E-state index is 5.24. The third-order valence-corrected chi connectivity index (χ3v) is 3.37. The Kier molecular flexibility index (Phi) is 3.41. The fourth-order valence-electron chi connectivity index (χ4n) is 1.48. The second kappa shape index (κ2) is 4.99.